The van der Waals surface area contributed by atoms with E-state index in [1.54, 1.807) is 24.3 Å². The molecule has 3 heterocycles. The Bertz CT molecular complexity index is 2000. The van der Waals surface area contributed by atoms with Crippen LogP contribution >= 0.6 is 0 Å². The molecule has 4 aliphatic rings. The quantitative estimate of drug-likeness (QED) is 0.178. The van der Waals surface area contributed by atoms with Crippen LogP contribution in [0, 0.1) is 11.7 Å². The Morgan fingerprint density at radius 2 is 2.02 bits per heavy atom. The molecular formula is C40H46FN7O5. The average molecular weight is 724 g/mol. The molecule has 53 heavy (non-hydrogen) atoms. The van der Waals surface area contributed by atoms with Crippen LogP contribution in [0.5, 0.6) is 0 Å². The molecule has 13 heteroatoms. The maximum atomic E-state index is 14.2. The Morgan fingerprint density at radius 3 is 2.79 bits per heavy atom. The van der Waals surface area contributed by atoms with Crippen LogP contribution in [0.25, 0.3) is 11.5 Å². The second-order valence-corrected chi connectivity index (χ2v) is 14.2. The largest absolute Gasteiger partial charge is 0.421 e. The molecule has 2 aliphatic carbocycles. The van der Waals surface area contributed by atoms with Gasteiger partial charge in [0.05, 0.1) is 17.7 Å². The number of fused-ring (bicyclic) bond motifs is 3. The van der Waals surface area contributed by atoms with Crippen molar-refractivity contribution in [2.45, 2.75) is 70.7 Å². The Labute approximate surface area is 308 Å². The maximum absolute atomic E-state index is 14.2. The van der Waals surface area contributed by atoms with Crippen molar-refractivity contribution in [1.82, 2.24) is 20.4 Å². The minimum absolute atomic E-state index is 0.0457. The summed E-state index contributed by atoms with van der Waals surface area (Å²) in [5.41, 5.74) is 11.9. The Balaban J connectivity index is 1.08. The third-order valence-electron chi connectivity index (χ3n) is 10.5. The number of allylic oxidation sites excluding steroid dienone is 3. The number of hydrogen-bond donors (Lipinski definition) is 4. The maximum Gasteiger partial charge on any atom is 0.420 e. The van der Waals surface area contributed by atoms with Crippen molar-refractivity contribution in [2.75, 3.05) is 36.4 Å². The number of hydrogen-bond acceptors (Lipinski definition) is 10. The van der Waals surface area contributed by atoms with Gasteiger partial charge in [-0.15, -0.1) is 5.10 Å². The number of aliphatic hydroxyl groups excluding tert-OH is 1. The highest BCUT2D eigenvalue weighted by atomic mass is 19.1. The van der Waals surface area contributed by atoms with E-state index in [1.165, 1.54) is 40.7 Å². The fraction of sp³-hybridized carbons (Fsp3) is 0.400. The number of halogens is 1. The summed E-state index contributed by atoms with van der Waals surface area (Å²) in [6.45, 7) is 6.87. The molecule has 3 atom stereocenters. The molecule has 5 N–H and O–H groups in total. The fourth-order valence-electron chi connectivity index (χ4n) is 8.07. The number of aliphatic hydroxyl groups is 1. The van der Waals surface area contributed by atoms with Gasteiger partial charge in [-0.25, -0.2) is 14.1 Å². The van der Waals surface area contributed by atoms with Crippen LogP contribution < -0.4 is 21.3 Å². The first-order chi connectivity index (χ1) is 25.7. The predicted molar refractivity (Wildman–Crippen MR) is 199 cm³/mol. The molecule has 2 unspecified atom stereocenters. The van der Waals surface area contributed by atoms with Crippen LogP contribution in [0.4, 0.5) is 20.9 Å². The van der Waals surface area contributed by atoms with Crippen molar-refractivity contribution in [3.63, 3.8) is 0 Å². The van der Waals surface area contributed by atoms with Gasteiger partial charge >= 0.3 is 12.1 Å². The zero-order chi connectivity index (χ0) is 37.1. The Kier molecular flexibility index (Phi) is 10.6. The number of nitrogens with one attached hydrogen (secondary N) is 2. The second-order valence-electron chi connectivity index (χ2n) is 14.2. The third-order valence-corrected chi connectivity index (χ3v) is 10.5. The van der Waals surface area contributed by atoms with E-state index in [-0.39, 0.29) is 29.9 Å². The molecule has 0 radical (unpaired) electrons. The van der Waals surface area contributed by atoms with Crippen LogP contribution in [-0.2, 0) is 11.3 Å². The van der Waals surface area contributed by atoms with Gasteiger partial charge in [0.2, 0.25) is 5.89 Å². The number of carbonyl (C=O) groups is 2. The van der Waals surface area contributed by atoms with Gasteiger partial charge in [0.25, 0.3) is 5.91 Å². The van der Waals surface area contributed by atoms with Crippen molar-refractivity contribution in [3.8, 4) is 11.5 Å². The number of nitrogens with zero attached hydrogens (tertiary/aromatic N) is 4. The van der Waals surface area contributed by atoms with Crippen molar-refractivity contribution >= 4 is 23.7 Å². The van der Waals surface area contributed by atoms with E-state index in [4.69, 9.17) is 14.9 Å². The first kappa shape index (κ1) is 36.3. The van der Waals surface area contributed by atoms with Gasteiger partial charge in [0.1, 0.15) is 5.82 Å². The van der Waals surface area contributed by atoms with Crippen molar-refractivity contribution < 1.29 is 28.2 Å². The summed E-state index contributed by atoms with van der Waals surface area (Å²) >= 11 is 0. The topological polar surface area (TPSA) is 159 Å². The number of dihydropyridines is 1. The molecule has 3 aromatic rings. The third kappa shape index (κ3) is 7.55. The molecule has 0 saturated carbocycles. The average Bonchev–Trinajstić information content (AvgIpc) is 3.63. The highest BCUT2D eigenvalue weighted by Crippen LogP contribution is 2.48. The van der Waals surface area contributed by atoms with E-state index in [0.29, 0.717) is 23.2 Å². The number of rotatable bonds is 10. The molecule has 278 valence electrons. The van der Waals surface area contributed by atoms with Crippen LogP contribution in [-0.4, -0.2) is 70.2 Å². The second kappa shape index (κ2) is 15.5. The molecule has 1 fully saturated rings. The molecule has 0 spiro atoms. The molecule has 1 saturated heterocycles. The number of nitrogens with two attached hydrogens (primary N) is 1. The molecule has 2 amide bonds. The standard InChI is InChI=1S/C40H46FN7O5/c1-3-31-26-20-25(2)23-40(31,42)32-14-15-35(44-34(32)22-26)52-39(51)48(19-9-18-47-16-7-4-8-17-47)38-46-45-37(53-38)29-13-12-28(21-27(29)24-49)43-36(50)30-10-5-6-11-33(30)41/h3,5-6,10-15,20-21,26,35,44,49H,4,7-9,16-19,22-24,42H2,1-2H3,(H,43,50)/t26-,35?,40?/m1/s1. The zero-order valence-electron chi connectivity index (χ0n) is 30.1. The van der Waals surface area contributed by atoms with Crippen LogP contribution in [0.2, 0.25) is 0 Å². The lowest BCUT2D eigenvalue weighted by atomic mass is 9.63. The molecule has 7 rings (SSSR count). The number of likely N-dealkylation sites (tertiary alicyclic amines) is 1. The van der Waals surface area contributed by atoms with Crippen molar-refractivity contribution in [1.29, 1.82) is 0 Å². The molecule has 12 nitrogen and oxygen atoms in total. The van der Waals surface area contributed by atoms with E-state index in [9.17, 15) is 19.1 Å². The highest BCUT2D eigenvalue weighted by molar-refractivity contribution is 6.04. The summed E-state index contributed by atoms with van der Waals surface area (Å²) < 4.78 is 26.3. The number of carbonyl (C=O) groups excluding carboxylic acids is 2. The predicted octanol–water partition coefficient (Wildman–Crippen LogP) is 6.19. The first-order valence-corrected chi connectivity index (χ1v) is 18.3. The molecule has 2 aromatic carbocycles. The smallest absolute Gasteiger partial charge is 0.420 e. The number of aromatic nitrogens is 2. The van der Waals surface area contributed by atoms with Gasteiger partial charge in [0.15, 0.2) is 6.23 Å². The lowest BCUT2D eigenvalue weighted by Crippen LogP contribution is -2.53. The molecule has 2 bridgehead atoms. The molecule has 2 aliphatic heterocycles. The summed E-state index contributed by atoms with van der Waals surface area (Å²) in [5.74, 6) is -1.02. The van der Waals surface area contributed by atoms with Gasteiger partial charge in [-0.2, -0.15) is 0 Å². The van der Waals surface area contributed by atoms with Crippen LogP contribution in [0.15, 0.2) is 93.6 Å². The van der Waals surface area contributed by atoms with E-state index in [2.05, 4.69) is 44.8 Å². The minimum atomic E-state index is -0.733. The summed E-state index contributed by atoms with van der Waals surface area (Å²) in [6, 6.07) is 10.4. The first-order valence-electron chi connectivity index (χ1n) is 18.3. The van der Waals surface area contributed by atoms with Gasteiger partial charge in [0, 0.05) is 29.4 Å². The van der Waals surface area contributed by atoms with Crippen LogP contribution in [0.3, 0.4) is 0 Å². The Morgan fingerprint density at radius 1 is 1.21 bits per heavy atom. The number of ether oxygens (including phenoxy) is 1. The highest BCUT2D eigenvalue weighted by Gasteiger charge is 2.45. The van der Waals surface area contributed by atoms with Gasteiger partial charge in [-0.05, 0) is 119 Å². The van der Waals surface area contributed by atoms with Gasteiger partial charge in [-0.1, -0.05) is 47.5 Å². The summed E-state index contributed by atoms with van der Waals surface area (Å²) in [6.07, 6.45) is 12.5. The monoisotopic (exact) mass is 723 g/mol. The molecular weight excluding hydrogens is 677 g/mol. The Hall–Kier alpha value is -5.11. The number of anilines is 2. The van der Waals surface area contributed by atoms with E-state index < -0.39 is 36.2 Å². The summed E-state index contributed by atoms with van der Waals surface area (Å²) in [7, 11) is 0. The van der Waals surface area contributed by atoms with Crippen LogP contribution in [0.1, 0.15) is 68.3 Å². The lowest BCUT2D eigenvalue weighted by molar-refractivity contribution is 0.102. The number of benzene rings is 2. The summed E-state index contributed by atoms with van der Waals surface area (Å²) in [5, 5.41) is 24.8. The normalized spacial score (nSPS) is 23.3. The SMILES string of the molecule is CC=C1[C@@H]2C=C(C)CC1(N)C1=C(C2)NC(OC(=O)N(CCCN2CCCCC2)c2nnc(-c3ccc(NC(=O)c4ccccc4F)cc3CO)o2)C=C1. The number of piperidine rings is 1. The fourth-order valence-corrected chi connectivity index (χ4v) is 8.07. The van der Waals surface area contributed by atoms with Gasteiger partial charge in [-0.3, -0.25) is 4.79 Å². The molecule has 1 aromatic heterocycles. The van der Waals surface area contributed by atoms with Gasteiger partial charge < -0.3 is 35.5 Å². The zero-order valence-corrected chi connectivity index (χ0v) is 30.1. The lowest BCUT2D eigenvalue weighted by Gasteiger charge is -2.47. The number of amides is 2. The summed E-state index contributed by atoms with van der Waals surface area (Å²) in [4.78, 5) is 30.4. The minimum Gasteiger partial charge on any atom is -0.421 e. The van der Waals surface area contributed by atoms with E-state index in [0.717, 1.165) is 56.6 Å². The van der Waals surface area contributed by atoms with E-state index in [1.807, 2.05) is 19.1 Å². The van der Waals surface area contributed by atoms with Crippen molar-refractivity contribution in [2.24, 2.45) is 11.7 Å². The van der Waals surface area contributed by atoms with E-state index >= 15 is 0 Å². The van der Waals surface area contributed by atoms with Crippen molar-refractivity contribution in [3.05, 3.63) is 106 Å².